The number of hydrogen-bond acceptors (Lipinski definition) is 4. The van der Waals surface area contributed by atoms with Gasteiger partial charge < -0.3 is 5.32 Å². The van der Waals surface area contributed by atoms with E-state index in [1.807, 2.05) is 6.92 Å². The summed E-state index contributed by atoms with van der Waals surface area (Å²) in [6.07, 6.45) is 1.48. The molecule has 0 bridgehead atoms. The quantitative estimate of drug-likeness (QED) is 0.800. The van der Waals surface area contributed by atoms with Crippen molar-refractivity contribution in [3.63, 3.8) is 0 Å². The minimum Gasteiger partial charge on any atom is -0.322 e. The Balaban J connectivity index is 1.83. The van der Waals surface area contributed by atoms with Gasteiger partial charge in [-0.05, 0) is 59.3 Å². The van der Waals surface area contributed by atoms with E-state index in [0.29, 0.717) is 5.69 Å². The molecule has 0 atom stereocenters. The Hall–Kier alpha value is -2.80. The minimum absolute atomic E-state index is 0.0598. The molecule has 1 amide bonds. The zero-order valence-corrected chi connectivity index (χ0v) is 12.8. The number of carbonyl (C=O) groups excluding carboxylic acids is 1. The lowest BCUT2D eigenvalue weighted by molar-refractivity contribution is 0.102. The molecule has 0 fully saturated rings. The number of aromatic nitrogens is 4. The van der Waals surface area contributed by atoms with Crippen molar-refractivity contribution in [3.05, 3.63) is 64.7 Å². The molecule has 1 aromatic heterocycles. The van der Waals surface area contributed by atoms with E-state index in [4.69, 9.17) is 11.6 Å². The molecule has 1 N–H and O–H groups in total. The van der Waals surface area contributed by atoms with E-state index in [9.17, 15) is 9.18 Å². The van der Waals surface area contributed by atoms with Crippen LogP contribution in [-0.4, -0.2) is 26.1 Å². The molecule has 8 heteroatoms. The van der Waals surface area contributed by atoms with Gasteiger partial charge >= 0.3 is 0 Å². The van der Waals surface area contributed by atoms with Gasteiger partial charge in [0.05, 0.1) is 16.3 Å². The summed E-state index contributed by atoms with van der Waals surface area (Å²) in [6, 6.07) is 8.92. The minimum atomic E-state index is -0.492. The highest BCUT2D eigenvalue weighted by Gasteiger charge is 2.12. The Morgan fingerprint density at radius 2 is 2.09 bits per heavy atom. The van der Waals surface area contributed by atoms with Crippen molar-refractivity contribution in [1.29, 1.82) is 0 Å². The van der Waals surface area contributed by atoms with E-state index in [-0.39, 0.29) is 10.6 Å². The zero-order chi connectivity index (χ0) is 16.4. The van der Waals surface area contributed by atoms with Gasteiger partial charge in [0, 0.05) is 5.69 Å². The topological polar surface area (TPSA) is 72.7 Å². The lowest BCUT2D eigenvalue weighted by Gasteiger charge is -2.10. The number of aryl methyl sites for hydroxylation is 1. The third kappa shape index (κ3) is 3.19. The maximum Gasteiger partial charge on any atom is 0.257 e. The molecule has 0 aliphatic rings. The van der Waals surface area contributed by atoms with Gasteiger partial charge in [0.25, 0.3) is 5.91 Å². The number of nitrogens with one attached hydrogen (secondary N) is 1. The molecule has 1 heterocycles. The molecule has 2 aromatic carbocycles. The van der Waals surface area contributed by atoms with Crippen molar-refractivity contribution >= 4 is 23.2 Å². The van der Waals surface area contributed by atoms with Crippen molar-refractivity contribution in [3.8, 4) is 5.69 Å². The van der Waals surface area contributed by atoms with Crippen LogP contribution in [0.4, 0.5) is 10.1 Å². The molecule has 0 saturated heterocycles. The number of benzene rings is 2. The van der Waals surface area contributed by atoms with Gasteiger partial charge in [-0.25, -0.2) is 9.07 Å². The SMILES string of the molecule is Cc1cc(NC(=O)c2ccc(F)cc2Cl)ccc1-n1cnnn1. The summed E-state index contributed by atoms with van der Waals surface area (Å²) in [5, 5.41) is 13.8. The molecule has 0 radical (unpaired) electrons. The van der Waals surface area contributed by atoms with E-state index >= 15 is 0 Å². The van der Waals surface area contributed by atoms with Gasteiger partial charge in [-0.3, -0.25) is 4.79 Å². The Labute approximate surface area is 135 Å². The standard InChI is InChI=1S/C15H11ClFN5O/c1-9-6-11(3-5-14(9)22-8-18-20-21-22)19-15(23)12-4-2-10(17)7-13(12)16/h2-8H,1H3,(H,19,23). The smallest absolute Gasteiger partial charge is 0.257 e. The molecule has 116 valence electrons. The van der Waals surface area contributed by atoms with E-state index in [2.05, 4.69) is 20.8 Å². The van der Waals surface area contributed by atoms with Crippen LogP contribution in [0.3, 0.4) is 0 Å². The highest BCUT2D eigenvalue weighted by Crippen LogP contribution is 2.21. The van der Waals surface area contributed by atoms with Crippen molar-refractivity contribution in [2.75, 3.05) is 5.32 Å². The summed E-state index contributed by atoms with van der Waals surface area (Å²) >= 11 is 5.89. The van der Waals surface area contributed by atoms with Crippen molar-refractivity contribution < 1.29 is 9.18 Å². The van der Waals surface area contributed by atoms with Gasteiger partial charge in [-0.15, -0.1) is 5.10 Å². The molecule has 0 spiro atoms. The number of amides is 1. The monoisotopic (exact) mass is 331 g/mol. The van der Waals surface area contributed by atoms with Gasteiger partial charge in [0.15, 0.2) is 0 Å². The van der Waals surface area contributed by atoms with E-state index in [1.54, 1.807) is 18.2 Å². The number of halogens is 2. The number of tetrazole rings is 1. The molecule has 0 aliphatic carbocycles. The molecule has 6 nitrogen and oxygen atoms in total. The number of anilines is 1. The highest BCUT2D eigenvalue weighted by atomic mass is 35.5. The first kappa shape index (κ1) is 15.1. The summed E-state index contributed by atoms with van der Waals surface area (Å²) < 4.78 is 14.6. The van der Waals surface area contributed by atoms with Gasteiger partial charge in [0.1, 0.15) is 12.1 Å². The normalized spacial score (nSPS) is 10.6. The van der Waals surface area contributed by atoms with Crippen molar-refractivity contribution in [2.24, 2.45) is 0 Å². The Bertz CT molecular complexity index is 866. The molecule has 23 heavy (non-hydrogen) atoms. The fourth-order valence-electron chi connectivity index (χ4n) is 2.13. The fraction of sp³-hybridized carbons (Fsp3) is 0.0667. The summed E-state index contributed by atoms with van der Waals surface area (Å²) in [6.45, 7) is 1.87. The van der Waals surface area contributed by atoms with Gasteiger partial charge in [0.2, 0.25) is 0 Å². The summed E-state index contributed by atoms with van der Waals surface area (Å²) in [5.41, 5.74) is 2.47. The van der Waals surface area contributed by atoms with E-state index in [0.717, 1.165) is 17.3 Å². The van der Waals surface area contributed by atoms with Gasteiger partial charge in [-0.1, -0.05) is 11.6 Å². The van der Waals surface area contributed by atoms with E-state index < -0.39 is 11.7 Å². The predicted octanol–water partition coefficient (Wildman–Crippen LogP) is 3.02. The third-order valence-corrected chi connectivity index (χ3v) is 3.54. The number of rotatable bonds is 3. The fourth-order valence-corrected chi connectivity index (χ4v) is 2.39. The van der Waals surface area contributed by atoms with Crippen LogP contribution in [0.1, 0.15) is 15.9 Å². The molecule has 3 rings (SSSR count). The Kier molecular flexibility index (Phi) is 4.03. The lowest BCUT2D eigenvalue weighted by atomic mass is 10.1. The first-order valence-electron chi connectivity index (χ1n) is 6.65. The first-order valence-corrected chi connectivity index (χ1v) is 7.03. The number of carbonyl (C=O) groups is 1. The molecule has 0 saturated carbocycles. The van der Waals surface area contributed by atoms with Crippen LogP contribution in [0.5, 0.6) is 0 Å². The molecule has 0 aliphatic heterocycles. The second-order valence-corrected chi connectivity index (χ2v) is 5.24. The van der Waals surface area contributed by atoms with Crippen LogP contribution in [0.25, 0.3) is 5.69 Å². The zero-order valence-electron chi connectivity index (χ0n) is 12.0. The largest absolute Gasteiger partial charge is 0.322 e. The van der Waals surface area contributed by atoms with E-state index in [1.165, 1.54) is 23.1 Å². The summed E-state index contributed by atoms with van der Waals surface area (Å²) in [7, 11) is 0. The maximum atomic E-state index is 13.0. The second-order valence-electron chi connectivity index (χ2n) is 4.83. The molecular weight excluding hydrogens is 321 g/mol. The van der Waals surface area contributed by atoms with Crippen LogP contribution in [-0.2, 0) is 0 Å². The Morgan fingerprint density at radius 3 is 2.74 bits per heavy atom. The van der Waals surface area contributed by atoms with Crippen LogP contribution in [0, 0.1) is 12.7 Å². The number of hydrogen-bond donors (Lipinski definition) is 1. The molecule has 0 unspecified atom stereocenters. The Morgan fingerprint density at radius 1 is 1.26 bits per heavy atom. The average Bonchev–Trinajstić information content (AvgIpc) is 3.01. The van der Waals surface area contributed by atoms with Crippen LogP contribution in [0.2, 0.25) is 5.02 Å². The average molecular weight is 332 g/mol. The highest BCUT2D eigenvalue weighted by molar-refractivity contribution is 6.34. The van der Waals surface area contributed by atoms with Crippen LogP contribution in [0.15, 0.2) is 42.7 Å². The maximum absolute atomic E-state index is 13.0. The summed E-state index contributed by atoms with van der Waals surface area (Å²) in [4.78, 5) is 12.2. The van der Waals surface area contributed by atoms with Crippen LogP contribution >= 0.6 is 11.6 Å². The third-order valence-electron chi connectivity index (χ3n) is 3.23. The first-order chi connectivity index (χ1) is 11.0. The number of nitrogens with zero attached hydrogens (tertiary/aromatic N) is 4. The second kappa shape index (κ2) is 6.13. The molecule has 3 aromatic rings. The van der Waals surface area contributed by atoms with Gasteiger partial charge in [-0.2, -0.15) is 0 Å². The van der Waals surface area contributed by atoms with Crippen molar-refractivity contribution in [2.45, 2.75) is 6.92 Å². The van der Waals surface area contributed by atoms with Crippen LogP contribution < -0.4 is 5.32 Å². The lowest BCUT2D eigenvalue weighted by Crippen LogP contribution is -2.13. The molecular formula is C15H11ClFN5O. The van der Waals surface area contributed by atoms with Crippen molar-refractivity contribution in [1.82, 2.24) is 20.2 Å². The summed E-state index contributed by atoms with van der Waals surface area (Å²) in [5.74, 6) is -0.905. The predicted molar refractivity (Wildman–Crippen MR) is 83.3 cm³/mol.